The number of aryl methyl sites for hydroxylation is 2. The van der Waals surface area contributed by atoms with Gasteiger partial charge in [0.15, 0.2) is 0 Å². The van der Waals surface area contributed by atoms with Gasteiger partial charge in [-0.05, 0) is 27.7 Å². The van der Waals surface area contributed by atoms with Crippen molar-refractivity contribution in [1.29, 1.82) is 0 Å². The third-order valence-corrected chi connectivity index (χ3v) is 3.81. The van der Waals surface area contributed by atoms with E-state index in [1.165, 1.54) is 4.88 Å². The third-order valence-electron chi connectivity index (χ3n) is 2.75. The highest BCUT2D eigenvalue weighted by Gasteiger charge is 2.14. The number of aromatic nitrogens is 1. The molecule has 96 valence electrons. The first kappa shape index (κ1) is 14.1. The molecule has 1 aromatic rings. The van der Waals surface area contributed by atoms with E-state index < -0.39 is 5.97 Å². The van der Waals surface area contributed by atoms with E-state index in [1.54, 1.807) is 11.3 Å². The van der Waals surface area contributed by atoms with Crippen LogP contribution in [0.4, 0.5) is 0 Å². The topological polar surface area (TPSA) is 53.4 Å². The summed E-state index contributed by atoms with van der Waals surface area (Å²) in [4.78, 5) is 18.5. The molecule has 1 heterocycles. The van der Waals surface area contributed by atoms with Crippen LogP contribution in [0.15, 0.2) is 0 Å². The monoisotopic (exact) mass is 256 g/mol. The van der Waals surface area contributed by atoms with E-state index in [1.807, 2.05) is 6.92 Å². The van der Waals surface area contributed by atoms with Crippen molar-refractivity contribution in [2.24, 2.45) is 0 Å². The summed E-state index contributed by atoms with van der Waals surface area (Å²) in [5.41, 5.74) is 1.08. The third kappa shape index (κ3) is 4.44. The van der Waals surface area contributed by atoms with E-state index in [-0.39, 0.29) is 6.42 Å². The largest absolute Gasteiger partial charge is 0.481 e. The van der Waals surface area contributed by atoms with Crippen LogP contribution >= 0.6 is 11.3 Å². The Morgan fingerprint density at radius 1 is 1.47 bits per heavy atom. The molecule has 5 heteroatoms. The molecular weight excluding hydrogens is 236 g/mol. The lowest BCUT2D eigenvalue weighted by atomic mass is 10.3. The van der Waals surface area contributed by atoms with Crippen molar-refractivity contribution >= 4 is 17.3 Å². The molecule has 1 aromatic heterocycles. The second-order valence-corrected chi connectivity index (χ2v) is 5.74. The van der Waals surface area contributed by atoms with Gasteiger partial charge in [0, 0.05) is 17.5 Å². The van der Waals surface area contributed by atoms with Gasteiger partial charge in [0.05, 0.1) is 18.7 Å². The van der Waals surface area contributed by atoms with E-state index >= 15 is 0 Å². The predicted octanol–water partition coefficient (Wildman–Crippen LogP) is 2.45. The molecular formula is C12H20N2O2S. The van der Waals surface area contributed by atoms with Crippen LogP contribution in [0.1, 0.15) is 35.8 Å². The molecule has 1 N–H and O–H groups in total. The molecule has 0 aromatic carbocycles. The first-order chi connectivity index (χ1) is 7.90. The summed E-state index contributed by atoms with van der Waals surface area (Å²) in [6, 6.07) is 0.332. The SMILES string of the molecule is Cc1nc(CN(CCC(=O)O)C(C)C)sc1C. The molecule has 0 atom stereocenters. The van der Waals surface area contributed by atoms with Gasteiger partial charge in [0.25, 0.3) is 0 Å². The zero-order valence-corrected chi connectivity index (χ0v) is 11.7. The molecule has 0 saturated heterocycles. The van der Waals surface area contributed by atoms with E-state index in [0.29, 0.717) is 12.6 Å². The van der Waals surface area contributed by atoms with Gasteiger partial charge in [-0.2, -0.15) is 0 Å². The predicted molar refractivity (Wildman–Crippen MR) is 69.4 cm³/mol. The van der Waals surface area contributed by atoms with Gasteiger partial charge in [-0.1, -0.05) is 0 Å². The van der Waals surface area contributed by atoms with E-state index in [9.17, 15) is 4.79 Å². The van der Waals surface area contributed by atoms with Crippen molar-refractivity contribution in [2.75, 3.05) is 6.54 Å². The van der Waals surface area contributed by atoms with Gasteiger partial charge in [0.1, 0.15) is 5.01 Å². The molecule has 1 rings (SSSR count). The summed E-state index contributed by atoms with van der Waals surface area (Å²) < 4.78 is 0. The van der Waals surface area contributed by atoms with Crippen LogP contribution in [-0.2, 0) is 11.3 Å². The maximum atomic E-state index is 10.6. The van der Waals surface area contributed by atoms with Crippen molar-refractivity contribution in [2.45, 2.75) is 46.7 Å². The molecule has 0 aliphatic carbocycles. The van der Waals surface area contributed by atoms with Gasteiger partial charge in [-0.3, -0.25) is 9.69 Å². The highest BCUT2D eigenvalue weighted by Crippen LogP contribution is 2.19. The Hall–Kier alpha value is -0.940. The average Bonchev–Trinajstić information content (AvgIpc) is 2.52. The number of hydrogen-bond donors (Lipinski definition) is 1. The van der Waals surface area contributed by atoms with Crippen LogP contribution in [0.25, 0.3) is 0 Å². The zero-order valence-electron chi connectivity index (χ0n) is 10.9. The molecule has 0 spiro atoms. The number of carbonyl (C=O) groups is 1. The normalized spacial score (nSPS) is 11.4. The average molecular weight is 256 g/mol. The van der Waals surface area contributed by atoms with Crippen molar-refractivity contribution in [3.05, 3.63) is 15.6 Å². The van der Waals surface area contributed by atoms with Gasteiger partial charge in [0.2, 0.25) is 0 Å². The lowest BCUT2D eigenvalue weighted by molar-refractivity contribution is -0.137. The lowest BCUT2D eigenvalue weighted by Crippen LogP contribution is -2.32. The fourth-order valence-electron chi connectivity index (χ4n) is 1.54. The Kier molecular flexibility index (Phi) is 5.08. The van der Waals surface area contributed by atoms with Gasteiger partial charge >= 0.3 is 5.97 Å². The summed E-state index contributed by atoms with van der Waals surface area (Å²) in [6.45, 7) is 9.54. The fourth-order valence-corrected chi connectivity index (χ4v) is 2.50. The second kappa shape index (κ2) is 6.12. The van der Waals surface area contributed by atoms with E-state index in [0.717, 1.165) is 17.2 Å². The summed E-state index contributed by atoms with van der Waals surface area (Å²) in [5, 5.41) is 9.79. The van der Waals surface area contributed by atoms with Crippen molar-refractivity contribution in [3.8, 4) is 0 Å². The molecule has 0 saturated carbocycles. The summed E-state index contributed by atoms with van der Waals surface area (Å²) in [5.74, 6) is -0.748. The maximum absolute atomic E-state index is 10.6. The second-order valence-electron chi connectivity index (χ2n) is 4.46. The quantitative estimate of drug-likeness (QED) is 0.849. The molecule has 0 aliphatic heterocycles. The molecule has 17 heavy (non-hydrogen) atoms. The highest BCUT2D eigenvalue weighted by molar-refractivity contribution is 7.11. The van der Waals surface area contributed by atoms with Gasteiger partial charge < -0.3 is 5.11 Å². The Morgan fingerprint density at radius 2 is 2.12 bits per heavy atom. The van der Waals surface area contributed by atoms with Crippen LogP contribution in [0.2, 0.25) is 0 Å². The highest BCUT2D eigenvalue weighted by atomic mass is 32.1. The number of aliphatic carboxylic acids is 1. The molecule has 0 radical (unpaired) electrons. The lowest BCUT2D eigenvalue weighted by Gasteiger charge is -2.24. The van der Waals surface area contributed by atoms with Crippen LogP contribution in [0.5, 0.6) is 0 Å². The van der Waals surface area contributed by atoms with Gasteiger partial charge in [-0.15, -0.1) is 11.3 Å². The standard InChI is InChI=1S/C12H20N2O2S/c1-8(2)14(6-5-12(15)16)7-11-13-9(3)10(4)17-11/h8H,5-7H2,1-4H3,(H,15,16). The van der Waals surface area contributed by atoms with Crippen LogP contribution in [0.3, 0.4) is 0 Å². The molecule has 0 aliphatic rings. The Balaban J connectivity index is 2.63. The number of nitrogens with zero attached hydrogens (tertiary/aromatic N) is 2. The van der Waals surface area contributed by atoms with Crippen LogP contribution in [0, 0.1) is 13.8 Å². The Labute approximate surface area is 106 Å². The molecule has 0 unspecified atom stereocenters. The summed E-state index contributed by atoms with van der Waals surface area (Å²) in [6.07, 6.45) is 0.182. The Bertz CT molecular complexity index is 368. The van der Waals surface area contributed by atoms with E-state index in [4.69, 9.17) is 5.11 Å². The molecule has 0 amide bonds. The number of hydrogen-bond acceptors (Lipinski definition) is 4. The fraction of sp³-hybridized carbons (Fsp3) is 0.667. The molecule has 0 bridgehead atoms. The minimum atomic E-state index is -0.748. The Morgan fingerprint density at radius 3 is 2.53 bits per heavy atom. The minimum absolute atomic E-state index is 0.182. The van der Waals surface area contributed by atoms with Crippen LogP contribution < -0.4 is 0 Å². The van der Waals surface area contributed by atoms with Crippen LogP contribution in [-0.4, -0.2) is 33.5 Å². The summed E-state index contributed by atoms with van der Waals surface area (Å²) >= 11 is 1.69. The zero-order chi connectivity index (χ0) is 13.0. The molecule has 4 nitrogen and oxygen atoms in total. The summed E-state index contributed by atoms with van der Waals surface area (Å²) in [7, 11) is 0. The maximum Gasteiger partial charge on any atom is 0.304 e. The minimum Gasteiger partial charge on any atom is -0.481 e. The number of rotatable bonds is 6. The van der Waals surface area contributed by atoms with E-state index in [2.05, 4.69) is 30.7 Å². The first-order valence-corrected chi connectivity index (χ1v) is 6.60. The van der Waals surface area contributed by atoms with Crippen molar-refractivity contribution < 1.29 is 9.90 Å². The van der Waals surface area contributed by atoms with Crippen molar-refractivity contribution in [1.82, 2.24) is 9.88 Å². The number of thiazole rings is 1. The first-order valence-electron chi connectivity index (χ1n) is 5.79. The molecule has 0 fully saturated rings. The van der Waals surface area contributed by atoms with Gasteiger partial charge in [-0.25, -0.2) is 4.98 Å². The van der Waals surface area contributed by atoms with Crippen molar-refractivity contribution in [3.63, 3.8) is 0 Å². The number of carboxylic acid groups (broad SMARTS) is 1. The smallest absolute Gasteiger partial charge is 0.304 e. The number of carboxylic acids is 1.